The number of aromatic nitrogens is 1. The zero-order valence-corrected chi connectivity index (χ0v) is 14.9. The van der Waals surface area contributed by atoms with Gasteiger partial charge in [-0.05, 0) is 37.0 Å². The molecule has 136 valence electrons. The lowest BCUT2D eigenvalue weighted by Crippen LogP contribution is -2.60. The lowest BCUT2D eigenvalue weighted by molar-refractivity contribution is -0.142. The van der Waals surface area contributed by atoms with E-state index in [-0.39, 0.29) is 17.9 Å². The third-order valence-corrected chi connectivity index (χ3v) is 5.20. The SMILES string of the molecule is CC(=O)NC1(C(=O)N2CCC(OCc3ccncc3)C2)CCCCC1. The first-order valence-corrected chi connectivity index (χ1v) is 9.18. The molecule has 1 atom stereocenters. The minimum Gasteiger partial charge on any atom is -0.372 e. The highest BCUT2D eigenvalue weighted by Crippen LogP contribution is 2.31. The van der Waals surface area contributed by atoms with Crippen LogP contribution >= 0.6 is 0 Å². The highest BCUT2D eigenvalue weighted by Gasteiger charge is 2.44. The summed E-state index contributed by atoms with van der Waals surface area (Å²) >= 11 is 0. The van der Waals surface area contributed by atoms with Crippen molar-refractivity contribution in [3.05, 3.63) is 30.1 Å². The number of ether oxygens (including phenoxy) is 1. The van der Waals surface area contributed by atoms with Gasteiger partial charge in [0.1, 0.15) is 5.54 Å². The molecule has 0 aromatic carbocycles. The van der Waals surface area contributed by atoms with Gasteiger partial charge < -0.3 is 15.0 Å². The molecule has 2 amide bonds. The second-order valence-corrected chi connectivity index (χ2v) is 7.15. The van der Waals surface area contributed by atoms with E-state index in [0.717, 1.165) is 44.1 Å². The Morgan fingerprint density at radius 1 is 1.28 bits per heavy atom. The molecule has 2 aliphatic rings. The third-order valence-electron chi connectivity index (χ3n) is 5.20. The Morgan fingerprint density at radius 3 is 2.68 bits per heavy atom. The quantitative estimate of drug-likeness (QED) is 0.886. The molecule has 0 spiro atoms. The first-order valence-electron chi connectivity index (χ1n) is 9.18. The van der Waals surface area contributed by atoms with E-state index in [1.165, 1.54) is 6.92 Å². The van der Waals surface area contributed by atoms with Crippen molar-refractivity contribution in [1.82, 2.24) is 15.2 Å². The van der Waals surface area contributed by atoms with E-state index in [2.05, 4.69) is 10.3 Å². The largest absolute Gasteiger partial charge is 0.372 e. The zero-order chi connectivity index (χ0) is 17.7. The molecular weight excluding hydrogens is 318 g/mol. The van der Waals surface area contributed by atoms with Crippen LogP contribution in [0.5, 0.6) is 0 Å². The van der Waals surface area contributed by atoms with Gasteiger partial charge in [-0.15, -0.1) is 0 Å². The molecule has 1 aliphatic heterocycles. The topological polar surface area (TPSA) is 71.5 Å². The van der Waals surface area contributed by atoms with E-state index in [1.807, 2.05) is 17.0 Å². The van der Waals surface area contributed by atoms with Gasteiger partial charge in [0, 0.05) is 32.4 Å². The van der Waals surface area contributed by atoms with Gasteiger partial charge in [-0.1, -0.05) is 19.3 Å². The van der Waals surface area contributed by atoms with Gasteiger partial charge in [-0.2, -0.15) is 0 Å². The Kier molecular flexibility index (Phi) is 5.68. The second-order valence-electron chi connectivity index (χ2n) is 7.15. The van der Waals surface area contributed by atoms with Gasteiger partial charge in [-0.3, -0.25) is 14.6 Å². The van der Waals surface area contributed by atoms with Crippen molar-refractivity contribution in [3.8, 4) is 0 Å². The van der Waals surface area contributed by atoms with E-state index in [1.54, 1.807) is 12.4 Å². The average Bonchev–Trinajstić information content (AvgIpc) is 3.09. The molecule has 6 heteroatoms. The molecule has 6 nitrogen and oxygen atoms in total. The van der Waals surface area contributed by atoms with Crippen LogP contribution in [-0.4, -0.2) is 46.4 Å². The molecule has 1 N–H and O–H groups in total. The highest BCUT2D eigenvalue weighted by atomic mass is 16.5. The Bertz CT molecular complexity index is 599. The molecule has 2 heterocycles. The van der Waals surface area contributed by atoms with Gasteiger partial charge in [0.25, 0.3) is 0 Å². The van der Waals surface area contributed by atoms with Crippen LogP contribution in [0.4, 0.5) is 0 Å². The normalized spacial score (nSPS) is 22.6. The van der Waals surface area contributed by atoms with Gasteiger partial charge in [0.2, 0.25) is 11.8 Å². The summed E-state index contributed by atoms with van der Waals surface area (Å²) in [5.41, 5.74) is 0.381. The summed E-state index contributed by atoms with van der Waals surface area (Å²) < 4.78 is 5.96. The summed E-state index contributed by atoms with van der Waals surface area (Å²) in [6.07, 6.45) is 8.99. The predicted molar refractivity (Wildman–Crippen MR) is 93.6 cm³/mol. The van der Waals surface area contributed by atoms with E-state index in [4.69, 9.17) is 4.74 Å². The van der Waals surface area contributed by atoms with E-state index < -0.39 is 5.54 Å². The Balaban J connectivity index is 1.58. The van der Waals surface area contributed by atoms with Gasteiger partial charge >= 0.3 is 0 Å². The molecule has 1 unspecified atom stereocenters. The summed E-state index contributed by atoms with van der Waals surface area (Å²) in [5.74, 6) is -0.0580. The van der Waals surface area contributed by atoms with Crippen molar-refractivity contribution in [2.75, 3.05) is 13.1 Å². The molecule has 0 radical (unpaired) electrons. The maximum atomic E-state index is 13.1. The maximum absolute atomic E-state index is 13.1. The zero-order valence-electron chi connectivity index (χ0n) is 14.9. The van der Waals surface area contributed by atoms with Crippen LogP contribution in [-0.2, 0) is 20.9 Å². The third kappa shape index (κ3) is 4.37. The number of amides is 2. The number of hydrogen-bond donors (Lipinski definition) is 1. The van der Waals surface area contributed by atoms with Crippen LogP contribution in [0.2, 0.25) is 0 Å². The van der Waals surface area contributed by atoms with Gasteiger partial charge in [0.15, 0.2) is 0 Å². The fourth-order valence-electron chi connectivity index (χ4n) is 3.93. The first kappa shape index (κ1) is 17.9. The first-order chi connectivity index (χ1) is 12.1. The molecule has 1 aromatic heterocycles. The molecule has 1 saturated heterocycles. The molecule has 3 rings (SSSR count). The fourth-order valence-corrected chi connectivity index (χ4v) is 3.93. The molecule has 0 bridgehead atoms. The second kappa shape index (κ2) is 7.95. The van der Waals surface area contributed by atoms with Gasteiger partial charge in [0.05, 0.1) is 12.7 Å². The van der Waals surface area contributed by atoms with Crippen molar-refractivity contribution >= 4 is 11.8 Å². The molecule has 1 aliphatic carbocycles. The number of hydrogen-bond acceptors (Lipinski definition) is 4. The van der Waals surface area contributed by atoms with Crippen molar-refractivity contribution in [1.29, 1.82) is 0 Å². The van der Waals surface area contributed by atoms with Crippen molar-refractivity contribution < 1.29 is 14.3 Å². The number of nitrogens with one attached hydrogen (secondary N) is 1. The molecule has 1 aromatic rings. The predicted octanol–water partition coefficient (Wildman–Crippen LogP) is 2.04. The lowest BCUT2D eigenvalue weighted by Gasteiger charge is -2.39. The number of nitrogens with zero attached hydrogens (tertiary/aromatic N) is 2. The van der Waals surface area contributed by atoms with Crippen LogP contribution < -0.4 is 5.32 Å². The number of rotatable bonds is 5. The summed E-state index contributed by atoms with van der Waals surface area (Å²) in [5, 5.41) is 2.97. The number of pyridine rings is 1. The standard InChI is InChI=1S/C19H27N3O3/c1-15(23)21-19(8-3-2-4-9-19)18(24)22-12-7-17(13-22)25-14-16-5-10-20-11-6-16/h5-6,10-11,17H,2-4,7-9,12-14H2,1H3,(H,21,23). The van der Waals surface area contributed by atoms with E-state index in [9.17, 15) is 9.59 Å². The molecule has 1 saturated carbocycles. The van der Waals surface area contributed by atoms with Crippen LogP contribution in [0, 0.1) is 0 Å². The van der Waals surface area contributed by atoms with Crippen molar-refractivity contribution in [2.24, 2.45) is 0 Å². The smallest absolute Gasteiger partial charge is 0.248 e. The van der Waals surface area contributed by atoms with Crippen molar-refractivity contribution in [3.63, 3.8) is 0 Å². The Hall–Kier alpha value is -1.95. The van der Waals surface area contributed by atoms with Crippen LogP contribution in [0.3, 0.4) is 0 Å². The number of likely N-dealkylation sites (tertiary alicyclic amines) is 1. The lowest BCUT2D eigenvalue weighted by atomic mass is 9.80. The van der Waals surface area contributed by atoms with E-state index in [0.29, 0.717) is 19.7 Å². The Labute approximate surface area is 148 Å². The molecular formula is C19H27N3O3. The van der Waals surface area contributed by atoms with E-state index >= 15 is 0 Å². The minimum atomic E-state index is -0.704. The van der Waals surface area contributed by atoms with Crippen molar-refractivity contribution in [2.45, 2.75) is 63.7 Å². The average molecular weight is 345 g/mol. The van der Waals surface area contributed by atoms with Crippen LogP contribution in [0.1, 0.15) is 51.0 Å². The summed E-state index contributed by atoms with van der Waals surface area (Å²) in [7, 11) is 0. The fraction of sp³-hybridized carbons (Fsp3) is 0.632. The summed E-state index contributed by atoms with van der Waals surface area (Å²) in [4.78, 5) is 30.6. The van der Waals surface area contributed by atoms with Gasteiger partial charge in [-0.25, -0.2) is 0 Å². The molecule has 2 fully saturated rings. The minimum absolute atomic E-state index is 0.0510. The summed E-state index contributed by atoms with van der Waals surface area (Å²) in [6, 6.07) is 3.87. The Morgan fingerprint density at radius 2 is 2.00 bits per heavy atom. The number of carbonyl (C=O) groups is 2. The van der Waals surface area contributed by atoms with Crippen LogP contribution in [0.15, 0.2) is 24.5 Å². The number of carbonyl (C=O) groups excluding carboxylic acids is 2. The highest BCUT2D eigenvalue weighted by molar-refractivity contribution is 5.91. The molecule has 25 heavy (non-hydrogen) atoms. The summed E-state index contributed by atoms with van der Waals surface area (Å²) in [6.45, 7) is 3.33. The maximum Gasteiger partial charge on any atom is 0.248 e. The monoisotopic (exact) mass is 345 g/mol. The van der Waals surface area contributed by atoms with Crippen LogP contribution in [0.25, 0.3) is 0 Å².